The lowest BCUT2D eigenvalue weighted by atomic mass is 10.1. The van der Waals surface area contributed by atoms with Crippen LogP contribution in [-0.2, 0) is 28.9 Å². The summed E-state index contributed by atoms with van der Waals surface area (Å²) in [6, 6.07) is 0.579. The number of hydrogen-bond donors (Lipinski definition) is 1. The van der Waals surface area contributed by atoms with E-state index in [9.17, 15) is 27.2 Å². The largest absolute Gasteiger partial charge is 0.465 e. The summed E-state index contributed by atoms with van der Waals surface area (Å²) >= 11 is 1.25. The first-order valence-corrected chi connectivity index (χ1v) is 9.80. The van der Waals surface area contributed by atoms with E-state index in [-0.39, 0.29) is 10.6 Å². The maximum Gasteiger partial charge on any atom is 0.341 e. The molecular weight excluding hydrogens is 414 g/mol. The summed E-state index contributed by atoms with van der Waals surface area (Å²) in [6.07, 6.45) is -1.75. The van der Waals surface area contributed by atoms with Crippen LogP contribution in [0, 0.1) is 0 Å². The van der Waals surface area contributed by atoms with Crippen molar-refractivity contribution in [2.75, 3.05) is 12.4 Å². The van der Waals surface area contributed by atoms with E-state index in [1.165, 1.54) is 18.4 Å². The lowest BCUT2D eigenvalue weighted by Crippen LogP contribution is -2.22. The summed E-state index contributed by atoms with van der Waals surface area (Å²) in [5.74, 6) is -1.34. The minimum atomic E-state index is -3.06. The minimum absolute atomic E-state index is 0.269. The number of esters is 1. The Bertz CT molecular complexity index is 911. The summed E-state index contributed by atoms with van der Waals surface area (Å²) in [4.78, 5) is 25.7. The van der Waals surface area contributed by atoms with Gasteiger partial charge in [0.25, 0.3) is 12.9 Å². The average molecular weight is 433 g/mol. The van der Waals surface area contributed by atoms with Crippen molar-refractivity contribution >= 4 is 28.2 Å². The van der Waals surface area contributed by atoms with E-state index in [4.69, 9.17) is 4.74 Å². The zero-order valence-corrected chi connectivity index (χ0v) is 16.3. The van der Waals surface area contributed by atoms with E-state index in [1.54, 1.807) is 0 Å². The van der Waals surface area contributed by atoms with Crippen molar-refractivity contribution in [3.8, 4) is 0 Å². The second kappa shape index (κ2) is 8.93. The van der Waals surface area contributed by atoms with E-state index in [0.717, 1.165) is 36.1 Å². The van der Waals surface area contributed by atoms with Gasteiger partial charge in [-0.05, 0) is 37.3 Å². The summed E-state index contributed by atoms with van der Waals surface area (Å²) < 4.78 is 57.1. The molecule has 0 fully saturated rings. The van der Waals surface area contributed by atoms with E-state index < -0.39 is 42.7 Å². The molecule has 0 saturated carbocycles. The number of aromatic nitrogens is 2. The van der Waals surface area contributed by atoms with Gasteiger partial charge in [-0.1, -0.05) is 6.42 Å². The van der Waals surface area contributed by atoms with Crippen LogP contribution in [0.15, 0.2) is 6.07 Å². The topological polar surface area (TPSA) is 73.2 Å². The van der Waals surface area contributed by atoms with Crippen LogP contribution in [-0.4, -0.2) is 28.8 Å². The van der Waals surface area contributed by atoms with Crippen LogP contribution in [0.5, 0.6) is 0 Å². The molecule has 0 radical (unpaired) electrons. The standard InChI is InChI=1S/C18H19F4N3O3S/c1-28-18(27)14-9-5-3-2-4-6-12(9)29-17(14)23-13(26)8-25-11(16(21)22)7-10(24-25)15(19)20/h7,15-16H,2-6,8H2,1H3,(H,23,26). The number of nitrogens with zero attached hydrogens (tertiary/aromatic N) is 2. The van der Waals surface area contributed by atoms with E-state index in [1.807, 2.05) is 0 Å². The molecule has 0 atom stereocenters. The number of carbonyl (C=O) groups excluding carboxylic acids is 2. The Labute approximate surface area is 167 Å². The first-order chi connectivity index (χ1) is 13.8. The van der Waals surface area contributed by atoms with Gasteiger partial charge in [-0.25, -0.2) is 22.4 Å². The lowest BCUT2D eigenvalue weighted by Gasteiger charge is -2.09. The molecule has 0 aliphatic heterocycles. The minimum Gasteiger partial charge on any atom is -0.465 e. The van der Waals surface area contributed by atoms with Gasteiger partial charge in [0.2, 0.25) is 5.91 Å². The number of carbonyl (C=O) groups is 2. The second-order valence-electron chi connectivity index (χ2n) is 6.56. The van der Waals surface area contributed by atoms with Crippen LogP contribution in [0.4, 0.5) is 22.6 Å². The van der Waals surface area contributed by atoms with Crippen LogP contribution in [0.2, 0.25) is 0 Å². The van der Waals surface area contributed by atoms with Crippen LogP contribution in [0.25, 0.3) is 0 Å². The number of thiophene rings is 1. The molecule has 11 heteroatoms. The number of anilines is 1. The molecule has 0 saturated heterocycles. The molecule has 2 aromatic rings. The average Bonchev–Trinajstić information content (AvgIpc) is 3.15. The van der Waals surface area contributed by atoms with Gasteiger partial charge >= 0.3 is 5.97 Å². The van der Waals surface area contributed by atoms with Crippen LogP contribution >= 0.6 is 11.3 Å². The van der Waals surface area contributed by atoms with Gasteiger partial charge in [-0.15, -0.1) is 11.3 Å². The Morgan fingerprint density at radius 2 is 1.93 bits per heavy atom. The Kier molecular flexibility index (Phi) is 6.56. The smallest absolute Gasteiger partial charge is 0.341 e. The number of ether oxygens (including phenoxy) is 1. The molecule has 2 heterocycles. The zero-order chi connectivity index (χ0) is 21.1. The van der Waals surface area contributed by atoms with Crippen LogP contribution < -0.4 is 5.32 Å². The first kappa shape index (κ1) is 21.3. The molecule has 0 aromatic carbocycles. The molecule has 1 aliphatic carbocycles. The predicted octanol–water partition coefficient (Wildman–Crippen LogP) is 4.51. The third kappa shape index (κ3) is 4.60. The van der Waals surface area contributed by atoms with Gasteiger partial charge in [0.15, 0.2) is 0 Å². The SMILES string of the molecule is COC(=O)c1c(NC(=O)Cn2nc(C(F)F)cc2C(F)F)sc2c1CCCCC2. The third-order valence-electron chi connectivity index (χ3n) is 4.63. The van der Waals surface area contributed by atoms with E-state index >= 15 is 0 Å². The monoisotopic (exact) mass is 433 g/mol. The Morgan fingerprint density at radius 1 is 1.21 bits per heavy atom. The van der Waals surface area contributed by atoms with Crippen molar-refractivity contribution in [3.05, 3.63) is 33.5 Å². The Balaban J connectivity index is 1.85. The Hall–Kier alpha value is -2.43. The maximum absolute atomic E-state index is 13.1. The molecule has 0 unspecified atom stereocenters. The highest BCUT2D eigenvalue weighted by Crippen LogP contribution is 2.38. The van der Waals surface area contributed by atoms with Crippen molar-refractivity contribution in [1.29, 1.82) is 0 Å². The number of amides is 1. The summed E-state index contributed by atoms with van der Waals surface area (Å²) in [5.41, 5.74) is -0.496. The molecule has 2 aromatic heterocycles. The molecule has 1 N–H and O–H groups in total. The van der Waals surface area contributed by atoms with Crippen molar-refractivity contribution in [3.63, 3.8) is 0 Å². The van der Waals surface area contributed by atoms with Crippen LogP contribution in [0.3, 0.4) is 0 Å². The van der Waals surface area contributed by atoms with E-state index in [2.05, 4.69) is 10.4 Å². The molecule has 3 rings (SSSR count). The highest BCUT2D eigenvalue weighted by molar-refractivity contribution is 7.17. The predicted molar refractivity (Wildman–Crippen MR) is 97.7 cm³/mol. The number of hydrogen-bond acceptors (Lipinski definition) is 5. The first-order valence-electron chi connectivity index (χ1n) is 8.98. The molecule has 0 spiro atoms. The fourth-order valence-corrected chi connectivity index (χ4v) is 4.61. The normalized spacial score (nSPS) is 14.0. The number of alkyl halides is 4. The Morgan fingerprint density at radius 3 is 2.59 bits per heavy atom. The van der Waals surface area contributed by atoms with Gasteiger partial charge in [0, 0.05) is 4.88 Å². The number of fused-ring (bicyclic) bond motifs is 1. The van der Waals surface area contributed by atoms with Crippen molar-refractivity contribution in [1.82, 2.24) is 9.78 Å². The molecule has 0 bridgehead atoms. The number of methoxy groups -OCH3 is 1. The van der Waals surface area contributed by atoms with Crippen molar-refractivity contribution in [2.24, 2.45) is 0 Å². The van der Waals surface area contributed by atoms with Crippen molar-refractivity contribution < 1.29 is 31.9 Å². The number of halogens is 4. The molecule has 6 nitrogen and oxygen atoms in total. The highest BCUT2D eigenvalue weighted by atomic mass is 32.1. The van der Waals surface area contributed by atoms with Gasteiger partial charge in [0.05, 0.1) is 12.7 Å². The quantitative estimate of drug-likeness (QED) is 0.413. The molecule has 29 heavy (non-hydrogen) atoms. The molecule has 158 valence electrons. The summed E-state index contributed by atoms with van der Waals surface area (Å²) in [7, 11) is 1.24. The zero-order valence-electron chi connectivity index (χ0n) is 15.5. The van der Waals surface area contributed by atoms with Gasteiger partial charge in [-0.3, -0.25) is 9.48 Å². The number of aryl methyl sites for hydroxylation is 1. The van der Waals surface area contributed by atoms with Crippen molar-refractivity contribution in [2.45, 2.75) is 51.5 Å². The fraction of sp³-hybridized carbons (Fsp3) is 0.500. The fourth-order valence-electron chi connectivity index (χ4n) is 3.31. The van der Waals surface area contributed by atoms with E-state index in [0.29, 0.717) is 17.2 Å². The summed E-state index contributed by atoms with van der Waals surface area (Å²) in [5, 5.41) is 6.22. The third-order valence-corrected chi connectivity index (χ3v) is 5.84. The van der Waals surface area contributed by atoms with Crippen LogP contribution in [0.1, 0.15) is 64.3 Å². The number of nitrogens with one attached hydrogen (secondary N) is 1. The number of rotatable bonds is 6. The molecule has 1 amide bonds. The second-order valence-corrected chi connectivity index (χ2v) is 7.67. The summed E-state index contributed by atoms with van der Waals surface area (Å²) in [6.45, 7) is -0.685. The molecule has 1 aliphatic rings. The highest BCUT2D eigenvalue weighted by Gasteiger charge is 2.27. The maximum atomic E-state index is 13.1. The van der Waals surface area contributed by atoms with Gasteiger partial charge in [-0.2, -0.15) is 5.10 Å². The lowest BCUT2D eigenvalue weighted by molar-refractivity contribution is -0.117. The van der Waals surface area contributed by atoms with Gasteiger partial charge < -0.3 is 10.1 Å². The van der Waals surface area contributed by atoms with Gasteiger partial charge in [0.1, 0.15) is 22.9 Å². The molecular formula is C18H19F4N3O3S.